The van der Waals surface area contributed by atoms with Gasteiger partial charge in [0.1, 0.15) is 0 Å². The molecule has 6 nitrogen and oxygen atoms in total. The number of hydrogen-bond acceptors (Lipinski definition) is 5. The van der Waals surface area contributed by atoms with Crippen molar-refractivity contribution in [1.82, 2.24) is 10.1 Å². The quantitative estimate of drug-likeness (QED) is 0.745. The number of nitrogens with two attached hydrogens (primary N) is 1. The Balaban J connectivity index is 2.21. The zero-order chi connectivity index (χ0) is 11.5. The summed E-state index contributed by atoms with van der Waals surface area (Å²) < 4.78 is 4.79. The van der Waals surface area contributed by atoms with Gasteiger partial charge >= 0.3 is 5.97 Å². The van der Waals surface area contributed by atoms with Crippen LogP contribution in [0.15, 0.2) is 28.8 Å². The van der Waals surface area contributed by atoms with Crippen molar-refractivity contribution in [2.24, 2.45) is 0 Å². The standard InChI is InChI=1S/C10H9N3O3/c11-7-4-2-1-3-6(7)5-8-12-9(10(14)15)13-16-8/h1-4H,5,11H2,(H,14,15). The summed E-state index contributed by atoms with van der Waals surface area (Å²) in [4.78, 5) is 14.2. The Hall–Kier alpha value is -2.37. The molecule has 0 aliphatic heterocycles. The average molecular weight is 219 g/mol. The lowest BCUT2D eigenvalue weighted by molar-refractivity contribution is 0.0680. The molecule has 1 aromatic carbocycles. The molecule has 2 rings (SSSR count). The van der Waals surface area contributed by atoms with Gasteiger partial charge in [0.25, 0.3) is 5.82 Å². The lowest BCUT2D eigenvalue weighted by atomic mass is 10.1. The molecule has 0 aliphatic rings. The zero-order valence-electron chi connectivity index (χ0n) is 8.25. The van der Waals surface area contributed by atoms with Crippen LogP contribution in [0.2, 0.25) is 0 Å². The van der Waals surface area contributed by atoms with Gasteiger partial charge in [0, 0.05) is 5.69 Å². The number of nitrogens with zero attached hydrogens (tertiary/aromatic N) is 2. The van der Waals surface area contributed by atoms with E-state index < -0.39 is 5.97 Å². The summed E-state index contributed by atoms with van der Waals surface area (Å²) in [5, 5.41) is 11.9. The molecule has 0 saturated carbocycles. The van der Waals surface area contributed by atoms with Crippen LogP contribution < -0.4 is 5.73 Å². The molecule has 3 N–H and O–H groups in total. The van der Waals surface area contributed by atoms with E-state index in [0.29, 0.717) is 12.1 Å². The second kappa shape index (κ2) is 4.01. The van der Waals surface area contributed by atoms with Crippen molar-refractivity contribution in [2.45, 2.75) is 6.42 Å². The first-order valence-electron chi connectivity index (χ1n) is 4.56. The Morgan fingerprint density at radius 3 is 2.81 bits per heavy atom. The van der Waals surface area contributed by atoms with Crippen LogP contribution in [0.5, 0.6) is 0 Å². The summed E-state index contributed by atoms with van der Waals surface area (Å²) in [6.07, 6.45) is 0.326. The van der Waals surface area contributed by atoms with Crippen LogP contribution in [0.3, 0.4) is 0 Å². The van der Waals surface area contributed by atoms with Crippen molar-refractivity contribution >= 4 is 11.7 Å². The fraction of sp³-hybridized carbons (Fsp3) is 0.100. The molecular weight excluding hydrogens is 210 g/mol. The van der Waals surface area contributed by atoms with Crippen LogP contribution in [0.25, 0.3) is 0 Å². The predicted octanol–water partition coefficient (Wildman–Crippen LogP) is 0.941. The van der Waals surface area contributed by atoms with Crippen LogP contribution in [-0.4, -0.2) is 21.2 Å². The number of aromatic carboxylic acids is 1. The normalized spacial score (nSPS) is 10.2. The van der Waals surface area contributed by atoms with Crippen LogP contribution >= 0.6 is 0 Å². The van der Waals surface area contributed by atoms with Crippen LogP contribution in [0.4, 0.5) is 5.69 Å². The van der Waals surface area contributed by atoms with Gasteiger partial charge in [-0.25, -0.2) is 4.79 Å². The van der Waals surface area contributed by atoms with E-state index in [4.69, 9.17) is 15.4 Å². The molecule has 82 valence electrons. The molecule has 0 fully saturated rings. The third-order valence-corrected chi connectivity index (χ3v) is 2.06. The fourth-order valence-corrected chi connectivity index (χ4v) is 1.27. The Bertz CT molecular complexity index is 522. The van der Waals surface area contributed by atoms with E-state index >= 15 is 0 Å². The summed E-state index contributed by atoms with van der Waals surface area (Å²) in [5.41, 5.74) is 7.16. The molecule has 0 bridgehead atoms. The van der Waals surface area contributed by atoms with Gasteiger partial charge < -0.3 is 15.4 Å². The first-order chi connectivity index (χ1) is 7.66. The molecule has 6 heteroatoms. The van der Waals surface area contributed by atoms with E-state index in [1.807, 2.05) is 18.2 Å². The van der Waals surface area contributed by atoms with E-state index in [9.17, 15) is 4.79 Å². The summed E-state index contributed by atoms with van der Waals surface area (Å²) in [7, 11) is 0. The fourth-order valence-electron chi connectivity index (χ4n) is 1.27. The largest absolute Gasteiger partial charge is 0.475 e. The third kappa shape index (κ3) is 2.00. The Kier molecular flexibility index (Phi) is 2.55. The molecule has 2 aromatic rings. The van der Waals surface area contributed by atoms with Crippen molar-refractivity contribution in [1.29, 1.82) is 0 Å². The zero-order valence-corrected chi connectivity index (χ0v) is 8.25. The van der Waals surface area contributed by atoms with Crippen LogP contribution in [0.1, 0.15) is 22.1 Å². The van der Waals surface area contributed by atoms with Gasteiger partial charge in [0.2, 0.25) is 5.89 Å². The number of anilines is 1. The van der Waals surface area contributed by atoms with E-state index in [2.05, 4.69) is 10.1 Å². The van der Waals surface area contributed by atoms with E-state index in [1.54, 1.807) is 6.07 Å². The number of para-hydroxylation sites is 1. The van der Waals surface area contributed by atoms with Gasteiger partial charge in [0.05, 0.1) is 6.42 Å². The predicted molar refractivity (Wildman–Crippen MR) is 54.9 cm³/mol. The minimum Gasteiger partial charge on any atom is -0.475 e. The van der Waals surface area contributed by atoms with Crippen molar-refractivity contribution in [3.05, 3.63) is 41.5 Å². The van der Waals surface area contributed by atoms with Gasteiger partial charge in [-0.1, -0.05) is 18.2 Å². The number of benzene rings is 1. The molecule has 0 saturated heterocycles. The molecule has 0 unspecified atom stereocenters. The van der Waals surface area contributed by atoms with Gasteiger partial charge in [-0.2, -0.15) is 4.98 Å². The molecule has 1 aromatic heterocycles. The molecule has 0 radical (unpaired) electrons. The minimum atomic E-state index is -1.21. The number of aromatic nitrogens is 2. The maximum absolute atomic E-state index is 10.5. The average Bonchev–Trinajstić information content (AvgIpc) is 2.70. The van der Waals surface area contributed by atoms with Crippen LogP contribution in [0, 0.1) is 0 Å². The number of rotatable bonds is 3. The maximum atomic E-state index is 10.5. The van der Waals surface area contributed by atoms with Gasteiger partial charge in [-0.05, 0) is 16.8 Å². The number of nitrogen functional groups attached to an aromatic ring is 1. The molecule has 0 amide bonds. The molecule has 16 heavy (non-hydrogen) atoms. The van der Waals surface area contributed by atoms with Crippen molar-refractivity contribution in [2.75, 3.05) is 5.73 Å². The monoisotopic (exact) mass is 219 g/mol. The first kappa shape index (κ1) is 10.2. The van der Waals surface area contributed by atoms with Crippen molar-refractivity contribution in [3.8, 4) is 0 Å². The SMILES string of the molecule is Nc1ccccc1Cc1nc(C(=O)O)no1. The highest BCUT2D eigenvalue weighted by atomic mass is 16.5. The second-order valence-corrected chi connectivity index (χ2v) is 3.19. The highest BCUT2D eigenvalue weighted by Gasteiger charge is 2.13. The third-order valence-electron chi connectivity index (χ3n) is 2.06. The molecule has 0 atom stereocenters. The minimum absolute atomic E-state index is 0.232. The van der Waals surface area contributed by atoms with Crippen molar-refractivity contribution in [3.63, 3.8) is 0 Å². The first-order valence-corrected chi connectivity index (χ1v) is 4.56. The molecule has 0 spiro atoms. The Labute approximate surface area is 90.7 Å². The molecule has 1 heterocycles. The molecule has 0 aliphatic carbocycles. The van der Waals surface area contributed by atoms with Gasteiger partial charge in [-0.3, -0.25) is 0 Å². The number of hydrogen-bond donors (Lipinski definition) is 2. The Morgan fingerprint density at radius 2 is 2.19 bits per heavy atom. The van der Waals surface area contributed by atoms with E-state index in [1.165, 1.54) is 0 Å². The smallest absolute Gasteiger partial charge is 0.377 e. The van der Waals surface area contributed by atoms with Gasteiger partial charge in [-0.15, -0.1) is 0 Å². The lowest BCUT2D eigenvalue weighted by Gasteiger charge is -2.00. The highest BCUT2D eigenvalue weighted by Crippen LogP contribution is 2.14. The second-order valence-electron chi connectivity index (χ2n) is 3.19. The summed E-state index contributed by atoms with van der Waals surface area (Å²) in [5.74, 6) is -1.32. The molecular formula is C10H9N3O3. The summed E-state index contributed by atoms with van der Waals surface area (Å²) >= 11 is 0. The number of carboxylic acid groups (broad SMARTS) is 1. The van der Waals surface area contributed by atoms with E-state index in [0.717, 1.165) is 5.56 Å². The summed E-state index contributed by atoms with van der Waals surface area (Å²) in [6, 6.07) is 7.22. The lowest BCUT2D eigenvalue weighted by Crippen LogP contribution is -1.99. The van der Waals surface area contributed by atoms with Gasteiger partial charge in [0.15, 0.2) is 0 Å². The Morgan fingerprint density at radius 1 is 1.44 bits per heavy atom. The topological polar surface area (TPSA) is 102 Å². The highest BCUT2D eigenvalue weighted by molar-refractivity contribution is 5.82. The summed E-state index contributed by atoms with van der Waals surface area (Å²) in [6.45, 7) is 0. The van der Waals surface area contributed by atoms with Crippen LogP contribution in [-0.2, 0) is 6.42 Å². The van der Waals surface area contributed by atoms with E-state index in [-0.39, 0.29) is 11.7 Å². The van der Waals surface area contributed by atoms with Crippen molar-refractivity contribution < 1.29 is 14.4 Å². The maximum Gasteiger partial charge on any atom is 0.377 e. The number of carboxylic acids is 1. The number of carbonyl (C=O) groups is 1.